The molecule has 8 atom stereocenters. The van der Waals surface area contributed by atoms with Crippen molar-refractivity contribution in [2.45, 2.75) is 241 Å². The lowest BCUT2D eigenvalue weighted by Crippen LogP contribution is -2.58. The fourth-order valence-corrected chi connectivity index (χ4v) is 13.4. The number of carbonyl (C=O) groups excluding carboxylic acids is 15. The van der Waals surface area contributed by atoms with Crippen molar-refractivity contribution in [3.05, 3.63) is 71.8 Å². The van der Waals surface area contributed by atoms with E-state index in [9.17, 15) is 132 Å². The van der Waals surface area contributed by atoms with Gasteiger partial charge in [0.1, 0.15) is 42.3 Å². The van der Waals surface area contributed by atoms with Gasteiger partial charge in [-0.25, -0.2) is 34.4 Å². The van der Waals surface area contributed by atoms with Gasteiger partial charge in [-0.3, -0.25) is 97.2 Å². The van der Waals surface area contributed by atoms with E-state index in [1.807, 2.05) is 17.4 Å². The Labute approximate surface area is 725 Å². The zero-order valence-corrected chi connectivity index (χ0v) is 70.8. The molecule has 1 unspecified atom stereocenters. The number of hydrogen-bond acceptors (Lipinski definition) is 25. The minimum Gasteiger partial charge on any atom is -0.481 e. The molecule has 694 valence electrons. The monoisotopic (exact) mass is 1780 g/mol. The third kappa shape index (κ3) is 46.9. The Morgan fingerprint density at radius 2 is 0.864 bits per heavy atom. The minimum atomic E-state index is -1.96. The second-order valence-electron chi connectivity index (χ2n) is 29.6. The minimum absolute atomic E-state index is 0.000241. The number of hydroxylamine groups is 6. The number of aryl methyl sites for hydroxylation is 1. The van der Waals surface area contributed by atoms with E-state index < -0.39 is 198 Å². The van der Waals surface area contributed by atoms with Crippen LogP contribution in [-0.4, -0.2) is 292 Å². The highest BCUT2D eigenvalue weighted by atomic mass is 32.2. The first-order valence-electron chi connectivity index (χ1n) is 41.4. The molecule has 1 aliphatic rings. The Kier molecular flexibility index (Phi) is 51.9. The molecule has 1 aliphatic heterocycles. The van der Waals surface area contributed by atoms with E-state index in [-0.39, 0.29) is 116 Å². The fourth-order valence-electron chi connectivity index (χ4n) is 12.2. The smallest absolute Gasteiger partial charge is 0.327 e. The lowest BCUT2D eigenvalue weighted by atomic mass is 10.0. The van der Waals surface area contributed by atoms with Gasteiger partial charge in [0.2, 0.25) is 82.7 Å². The number of benzene rings is 2. The van der Waals surface area contributed by atoms with Gasteiger partial charge < -0.3 is 89.8 Å². The van der Waals surface area contributed by atoms with Crippen molar-refractivity contribution >= 4 is 130 Å². The van der Waals surface area contributed by atoms with E-state index in [1.165, 1.54) is 6.92 Å². The summed E-state index contributed by atoms with van der Waals surface area (Å²) < 4.78 is 0. The Hall–Kier alpha value is -12.0. The number of nitrogens with two attached hydrogens (primary N) is 1. The quantitative estimate of drug-likeness (QED) is 0.0171. The van der Waals surface area contributed by atoms with Crippen LogP contribution in [0.25, 0.3) is 0 Å². The fraction of sp³-hybridized carbons (Fsp3) is 0.600. The molecule has 3 rings (SSSR count). The van der Waals surface area contributed by atoms with Crippen LogP contribution in [0.3, 0.4) is 0 Å². The molecule has 0 aliphatic carbocycles. The molecule has 0 bridgehead atoms. The van der Waals surface area contributed by atoms with Crippen molar-refractivity contribution in [3.63, 3.8) is 0 Å². The van der Waals surface area contributed by atoms with Gasteiger partial charge in [-0.15, -0.1) is 11.8 Å². The van der Waals surface area contributed by atoms with Crippen molar-refractivity contribution in [1.82, 2.24) is 78.6 Å². The van der Waals surface area contributed by atoms with Gasteiger partial charge in [0.15, 0.2) is 0 Å². The summed E-state index contributed by atoms with van der Waals surface area (Å²) in [6.07, 6.45) is 3.13. The number of likely N-dealkylation sites (tertiary alicyclic amines) is 1. The second kappa shape index (κ2) is 60.5. The zero-order valence-electron chi connectivity index (χ0n) is 70.0. The maximum Gasteiger partial charge on any atom is 0.327 e. The summed E-state index contributed by atoms with van der Waals surface area (Å²) in [6, 6.07) is 5.10. The Morgan fingerprint density at radius 1 is 0.424 bits per heavy atom. The van der Waals surface area contributed by atoms with Crippen LogP contribution in [0.4, 0.5) is 4.79 Å². The molecule has 1 saturated heterocycles. The second-order valence-corrected chi connectivity index (χ2v) is 30.8. The van der Waals surface area contributed by atoms with Crippen molar-refractivity contribution in [1.29, 1.82) is 0 Å². The first kappa shape index (κ1) is 107. The zero-order chi connectivity index (χ0) is 92.8. The number of thioether (sulfide) groups is 1. The number of urea groups is 1. The van der Waals surface area contributed by atoms with E-state index in [4.69, 9.17) is 10.8 Å². The first-order valence-corrected chi connectivity index (χ1v) is 42.5. The number of amides is 16. The number of nitrogens with one attached hydrogen (secondary N) is 11. The van der Waals surface area contributed by atoms with Crippen LogP contribution in [0.2, 0.25) is 0 Å². The number of aliphatic carboxylic acids is 5. The van der Waals surface area contributed by atoms with Gasteiger partial charge in [-0.1, -0.05) is 79.9 Å². The van der Waals surface area contributed by atoms with E-state index in [1.54, 1.807) is 48.5 Å². The molecule has 21 N–H and O–H groups in total. The maximum atomic E-state index is 14.3. The van der Waals surface area contributed by atoms with Gasteiger partial charge >= 0.3 is 35.9 Å². The number of nitrogens with zero attached hydrogens (tertiary/aromatic N) is 4. The number of imide groups is 1. The van der Waals surface area contributed by atoms with Crippen LogP contribution in [0, 0.1) is 0 Å². The molecule has 45 heteroatoms. The summed E-state index contributed by atoms with van der Waals surface area (Å²) in [7, 11) is 0. The largest absolute Gasteiger partial charge is 0.481 e. The van der Waals surface area contributed by atoms with Crippen LogP contribution >= 0.6 is 11.8 Å². The molecule has 125 heavy (non-hydrogen) atoms. The maximum absolute atomic E-state index is 14.3. The van der Waals surface area contributed by atoms with Crippen molar-refractivity contribution in [2.24, 2.45) is 5.73 Å². The molecule has 0 aromatic heterocycles. The van der Waals surface area contributed by atoms with Crippen LogP contribution in [-0.2, 0) is 104 Å². The molecular formula is C80H120N16O28S. The van der Waals surface area contributed by atoms with Gasteiger partial charge in [-0.05, 0) is 107 Å². The number of unbranched alkanes of at least 4 members (excludes halogenated alkanes) is 10. The average Bonchev–Trinajstić information content (AvgIpc) is 1.69. The lowest BCUT2D eigenvalue weighted by Gasteiger charge is -2.25. The molecule has 2 aromatic rings. The predicted molar refractivity (Wildman–Crippen MR) is 442 cm³/mol. The normalized spacial score (nSPS) is 13.9. The summed E-state index contributed by atoms with van der Waals surface area (Å²) in [5.74, 6) is -17.8. The number of carboxylic acids is 5. The molecule has 16 amide bonds. The average molecular weight is 1790 g/mol. The van der Waals surface area contributed by atoms with Crippen LogP contribution in [0.5, 0.6) is 0 Å². The summed E-state index contributed by atoms with van der Waals surface area (Å²) in [5.41, 5.74) is 7.58. The Morgan fingerprint density at radius 3 is 1.36 bits per heavy atom. The third-order valence-corrected chi connectivity index (χ3v) is 20.7. The Balaban J connectivity index is 1.41. The number of hydrogen-bond donors (Lipinski definition) is 20. The number of rotatable bonds is 66. The molecule has 1 fully saturated rings. The summed E-state index contributed by atoms with van der Waals surface area (Å²) in [4.78, 5) is 252. The van der Waals surface area contributed by atoms with Crippen molar-refractivity contribution < 1.29 is 137 Å². The molecule has 2 aromatic carbocycles. The van der Waals surface area contributed by atoms with E-state index in [2.05, 4.69) is 53.2 Å². The third-order valence-electron chi connectivity index (χ3n) is 19.4. The van der Waals surface area contributed by atoms with Gasteiger partial charge in [-0.2, -0.15) is 0 Å². The molecular weight excluding hydrogens is 1670 g/mol. The SMILES string of the molecule is CC(=O)N(O)CCCCCNC(=O)CCC(=O)N(O)CCCCCNC(=O)CCC(=O)N(O)CCCCCNC(=O)CCN1C(=O)CC(SC[C@H](NC(=O)[C@H](CC(=O)O)NC(=O)[C@@H](N)CNC(=O)[C@H](Cc2ccccc2)NC(=O)[C@H](CCc2ccccc2)NC(=O)CCCCCCCNC(=O)CC[C@H](NC(=O)N[C@@H](CCC(=O)O)C(=O)O)C(=O)O)C(=O)O)C1=O. The summed E-state index contributed by atoms with van der Waals surface area (Å²) in [5, 5.41) is 105. The molecule has 44 nitrogen and oxygen atoms in total. The lowest BCUT2D eigenvalue weighted by molar-refractivity contribution is -0.166. The predicted octanol–water partition coefficient (Wildman–Crippen LogP) is -0.545. The van der Waals surface area contributed by atoms with Crippen molar-refractivity contribution in [3.8, 4) is 0 Å². The van der Waals surface area contributed by atoms with E-state index >= 15 is 0 Å². The van der Waals surface area contributed by atoms with Crippen LogP contribution < -0.4 is 64.2 Å². The molecule has 0 radical (unpaired) electrons. The topological polar surface area (TPSA) is 675 Å². The highest BCUT2D eigenvalue weighted by Crippen LogP contribution is 2.26. The summed E-state index contributed by atoms with van der Waals surface area (Å²) >= 11 is 0.683. The highest BCUT2D eigenvalue weighted by Gasteiger charge is 2.41. The molecule has 0 spiro atoms. The molecule has 1 heterocycles. The van der Waals surface area contributed by atoms with Crippen LogP contribution in [0.15, 0.2) is 60.7 Å². The van der Waals surface area contributed by atoms with Crippen molar-refractivity contribution in [2.75, 3.05) is 64.7 Å². The Bertz CT molecular complexity index is 3910. The van der Waals surface area contributed by atoms with E-state index in [0.717, 1.165) is 10.5 Å². The van der Waals surface area contributed by atoms with Gasteiger partial charge in [0.05, 0.1) is 11.7 Å². The van der Waals surface area contributed by atoms with Gasteiger partial charge in [0, 0.05) is 136 Å². The standard InChI is InChI=1S/C80H120N16O28S/c1-51(97)94(122)42-19-7-16-39-83-63(99)32-34-67(103)95(123)43-20-8-17-40-84-64(100)33-35-68(104)96(124)44-21-9-18-41-85-65(101)37-45-93-69(105)48-61(76(93)114)125-50-60(79(119)120)90-75(113)59(47-71(108)109)88-72(110)54(81)49-86-73(111)58(46-53-24-12-6-13-25-53)89-74(112)55(28-27-52-22-10-5-11-23-52)87-66(102)26-14-3-2-4-15-38-82-62(98)31-29-56(77(115)116)91-80(121)92-57(78(117)118)30-36-70(106)107/h5-6,10-13,22-25,54-61,122-124H,2-4,7-9,14-21,26-50,81H2,1H3,(H,82,98)(H,83,99)(H,84,100)(H,85,101)(H,86,111)(H,87,102)(H,88,110)(H,89,112)(H,90,113)(H,106,107)(H,108,109)(H,115,116)(H,117,118)(H,119,120)(H2,91,92,121)/t54-,55-,56-,57-,58-,59-,60-,61?/m0/s1. The summed E-state index contributed by atoms with van der Waals surface area (Å²) in [6.45, 7) is 1.35. The number of carboxylic acid groups (broad SMARTS) is 5. The highest BCUT2D eigenvalue weighted by molar-refractivity contribution is 8.00. The molecule has 0 saturated carbocycles. The van der Waals surface area contributed by atoms with Gasteiger partial charge in [0.25, 0.3) is 0 Å². The van der Waals surface area contributed by atoms with Crippen LogP contribution in [0.1, 0.15) is 191 Å². The van der Waals surface area contributed by atoms with E-state index in [0.29, 0.717) is 135 Å². The first-order chi connectivity index (χ1) is 59.4. The number of carbonyl (C=O) groups is 20.